The molecule has 1 aromatic carbocycles. The molecule has 1 fully saturated rings. The number of nitrogens with zero attached hydrogens (tertiary/aromatic N) is 3. The van der Waals surface area contributed by atoms with Crippen molar-refractivity contribution in [1.29, 1.82) is 0 Å². The van der Waals surface area contributed by atoms with Gasteiger partial charge in [0.1, 0.15) is 18.8 Å². The first-order valence-corrected chi connectivity index (χ1v) is 6.38. The topological polar surface area (TPSA) is 57.0 Å². The fourth-order valence-electron chi connectivity index (χ4n) is 2.27. The Kier molecular flexibility index (Phi) is 3.21. The zero-order valence-electron chi connectivity index (χ0n) is 10.1. The van der Waals surface area contributed by atoms with Crippen molar-refractivity contribution in [2.24, 2.45) is 0 Å². The number of hydrogen-bond acceptors (Lipinski definition) is 4. The predicted octanol–water partition coefficient (Wildman–Crippen LogP) is 2.03. The van der Waals surface area contributed by atoms with E-state index in [1.54, 1.807) is 23.1 Å². The van der Waals surface area contributed by atoms with Gasteiger partial charge in [-0.3, -0.25) is 4.79 Å². The molecule has 0 spiro atoms. The average Bonchev–Trinajstić information content (AvgIpc) is 3.01. The van der Waals surface area contributed by atoms with Gasteiger partial charge in [0, 0.05) is 11.4 Å². The van der Waals surface area contributed by atoms with Gasteiger partial charge in [0.15, 0.2) is 0 Å². The van der Waals surface area contributed by atoms with E-state index in [1.807, 2.05) is 12.1 Å². The number of carbonyl (C=O) groups is 1. The van der Waals surface area contributed by atoms with Gasteiger partial charge in [-0.2, -0.15) is 5.10 Å². The number of halogens is 1. The highest BCUT2D eigenvalue weighted by atomic mass is 35.5. The number of ether oxygens (including phenoxy) is 1. The zero-order valence-corrected chi connectivity index (χ0v) is 10.8. The summed E-state index contributed by atoms with van der Waals surface area (Å²) in [4.78, 5) is 15.8. The van der Waals surface area contributed by atoms with Gasteiger partial charge in [0.2, 0.25) is 0 Å². The molecule has 0 aliphatic carbocycles. The van der Waals surface area contributed by atoms with Crippen molar-refractivity contribution >= 4 is 17.6 Å². The maximum absolute atomic E-state index is 11.9. The predicted molar refractivity (Wildman–Crippen MR) is 68.7 cm³/mol. The third kappa shape index (κ3) is 2.61. The molecule has 98 valence electrons. The molecule has 5 nitrogen and oxygen atoms in total. The Morgan fingerprint density at radius 1 is 1.37 bits per heavy atom. The van der Waals surface area contributed by atoms with E-state index >= 15 is 0 Å². The molecule has 2 unspecified atom stereocenters. The van der Waals surface area contributed by atoms with Gasteiger partial charge in [-0.25, -0.2) is 9.67 Å². The highest BCUT2D eigenvalue weighted by Gasteiger charge is 2.35. The van der Waals surface area contributed by atoms with Gasteiger partial charge in [-0.1, -0.05) is 23.7 Å². The molecule has 0 amide bonds. The van der Waals surface area contributed by atoms with Crippen molar-refractivity contribution in [3.8, 4) is 0 Å². The van der Waals surface area contributed by atoms with Crippen molar-refractivity contribution in [2.75, 3.05) is 0 Å². The molecule has 1 aromatic heterocycles. The molecule has 0 N–H and O–H groups in total. The number of rotatable bonds is 3. The molecule has 0 bridgehead atoms. The third-order valence-corrected chi connectivity index (χ3v) is 3.45. The lowest BCUT2D eigenvalue weighted by Crippen LogP contribution is -2.16. The molecule has 2 atom stereocenters. The number of aromatic nitrogens is 3. The first-order valence-electron chi connectivity index (χ1n) is 6.01. The van der Waals surface area contributed by atoms with Crippen LogP contribution >= 0.6 is 11.6 Å². The lowest BCUT2D eigenvalue weighted by Gasteiger charge is -2.07. The first kappa shape index (κ1) is 12.2. The van der Waals surface area contributed by atoms with Gasteiger partial charge in [0.25, 0.3) is 0 Å². The zero-order chi connectivity index (χ0) is 13.2. The average molecular weight is 278 g/mol. The highest BCUT2D eigenvalue weighted by molar-refractivity contribution is 6.30. The van der Waals surface area contributed by atoms with E-state index in [4.69, 9.17) is 16.3 Å². The molecule has 1 saturated heterocycles. The maximum Gasteiger partial charge on any atom is 0.313 e. The SMILES string of the molecule is O=C1OC(Cn2cncn2)CC1c1ccc(Cl)cc1. The highest BCUT2D eigenvalue weighted by Crippen LogP contribution is 2.31. The number of esters is 1. The summed E-state index contributed by atoms with van der Waals surface area (Å²) in [7, 11) is 0. The monoisotopic (exact) mass is 277 g/mol. The Hall–Kier alpha value is -1.88. The van der Waals surface area contributed by atoms with E-state index in [2.05, 4.69) is 10.1 Å². The fourth-order valence-corrected chi connectivity index (χ4v) is 2.39. The second-order valence-electron chi connectivity index (χ2n) is 4.52. The third-order valence-electron chi connectivity index (χ3n) is 3.20. The van der Waals surface area contributed by atoms with Crippen LogP contribution in [0.2, 0.25) is 5.02 Å². The number of carbonyl (C=O) groups excluding carboxylic acids is 1. The summed E-state index contributed by atoms with van der Waals surface area (Å²) in [5, 5.41) is 4.67. The Bertz CT molecular complexity index is 568. The lowest BCUT2D eigenvalue weighted by molar-refractivity contribution is -0.142. The summed E-state index contributed by atoms with van der Waals surface area (Å²) < 4.78 is 7.04. The number of cyclic esters (lactones) is 1. The van der Waals surface area contributed by atoms with E-state index in [-0.39, 0.29) is 18.0 Å². The Labute approximate surface area is 115 Å². The molecule has 6 heteroatoms. The van der Waals surface area contributed by atoms with Gasteiger partial charge in [-0.15, -0.1) is 0 Å². The van der Waals surface area contributed by atoms with E-state index < -0.39 is 0 Å². The van der Waals surface area contributed by atoms with Crippen LogP contribution in [0.5, 0.6) is 0 Å². The van der Waals surface area contributed by atoms with Crippen molar-refractivity contribution in [2.45, 2.75) is 25.0 Å². The van der Waals surface area contributed by atoms with Gasteiger partial charge < -0.3 is 4.74 Å². The van der Waals surface area contributed by atoms with Crippen LogP contribution < -0.4 is 0 Å². The Morgan fingerprint density at radius 3 is 2.84 bits per heavy atom. The Morgan fingerprint density at radius 2 is 2.16 bits per heavy atom. The second kappa shape index (κ2) is 5.01. The molecule has 1 aliphatic heterocycles. The number of hydrogen-bond donors (Lipinski definition) is 0. The van der Waals surface area contributed by atoms with Crippen molar-refractivity contribution in [3.05, 3.63) is 47.5 Å². The quantitative estimate of drug-likeness (QED) is 0.806. The summed E-state index contributed by atoms with van der Waals surface area (Å²) in [6, 6.07) is 7.31. The summed E-state index contributed by atoms with van der Waals surface area (Å²) in [5.74, 6) is -0.404. The molecular weight excluding hydrogens is 266 g/mol. The molecule has 0 radical (unpaired) electrons. The molecule has 0 saturated carbocycles. The van der Waals surface area contributed by atoms with Crippen LogP contribution in [-0.4, -0.2) is 26.8 Å². The van der Waals surface area contributed by atoms with Crippen LogP contribution in [0.1, 0.15) is 17.9 Å². The fraction of sp³-hybridized carbons (Fsp3) is 0.308. The van der Waals surface area contributed by atoms with Crippen LogP contribution in [-0.2, 0) is 16.1 Å². The maximum atomic E-state index is 11.9. The van der Waals surface area contributed by atoms with Crippen molar-refractivity contribution in [1.82, 2.24) is 14.8 Å². The van der Waals surface area contributed by atoms with Crippen molar-refractivity contribution < 1.29 is 9.53 Å². The largest absolute Gasteiger partial charge is 0.460 e. The molecular formula is C13H12ClN3O2. The molecule has 19 heavy (non-hydrogen) atoms. The van der Waals surface area contributed by atoms with Crippen LogP contribution in [0.3, 0.4) is 0 Å². The molecule has 3 rings (SSSR count). The van der Waals surface area contributed by atoms with E-state index in [0.717, 1.165) is 5.56 Å². The minimum Gasteiger partial charge on any atom is -0.460 e. The first-order chi connectivity index (χ1) is 9.22. The lowest BCUT2D eigenvalue weighted by atomic mass is 9.96. The summed E-state index contributed by atoms with van der Waals surface area (Å²) in [6.45, 7) is 0.538. The van der Waals surface area contributed by atoms with E-state index in [9.17, 15) is 4.79 Å². The Balaban J connectivity index is 1.71. The second-order valence-corrected chi connectivity index (χ2v) is 4.95. The van der Waals surface area contributed by atoms with Crippen molar-refractivity contribution in [3.63, 3.8) is 0 Å². The normalized spacial score (nSPS) is 22.5. The van der Waals surface area contributed by atoms with Crippen LogP contribution in [0.15, 0.2) is 36.9 Å². The van der Waals surface area contributed by atoms with Crippen LogP contribution in [0.25, 0.3) is 0 Å². The van der Waals surface area contributed by atoms with Gasteiger partial charge in [0.05, 0.1) is 12.5 Å². The number of benzene rings is 1. The minimum absolute atomic E-state index is 0.158. The molecule has 2 aromatic rings. The van der Waals surface area contributed by atoms with Crippen LogP contribution in [0.4, 0.5) is 0 Å². The summed E-state index contributed by atoms with van der Waals surface area (Å²) in [5.41, 5.74) is 0.940. The van der Waals surface area contributed by atoms with E-state index in [0.29, 0.717) is 18.0 Å². The van der Waals surface area contributed by atoms with Gasteiger partial charge >= 0.3 is 5.97 Å². The van der Waals surface area contributed by atoms with Gasteiger partial charge in [-0.05, 0) is 17.7 Å². The molecule has 2 heterocycles. The van der Waals surface area contributed by atoms with Crippen LogP contribution in [0, 0.1) is 0 Å². The minimum atomic E-state index is -0.217. The summed E-state index contributed by atoms with van der Waals surface area (Å²) >= 11 is 5.84. The standard InChI is InChI=1S/C13H12ClN3O2/c14-10-3-1-9(2-4-10)12-5-11(19-13(12)18)6-17-8-15-7-16-17/h1-4,7-8,11-12H,5-6H2. The smallest absolute Gasteiger partial charge is 0.313 e. The summed E-state index contributed by atoms with van der Waals surface area (Å²) in [6.07, 6.45) is 3.58. The molecule has 1 aliphatic rings. The van der Waals surface area contributed by atoms with E-state index in [1.165, 1.54) is 6.33 Å².